The molecule has 0 bridgehead atoms. The first-order chi connectivity index (χ1) is 16.4. The second-order valence-electron chi connectivity index (χ2n) is 7.98. The van der Waals surface area contributed by atoms with Gasteiger partial charge in [-0.05, 0) is 61.2 Å². The van der Waals surface area contributed by atoms with Crippen LogP contribution in [0.25, 0.3) is 16.7 Å². The van der Waals surface area contributed by atoms with Gasteiger partial charge in [0, 0.05) is 11.8 Å². The van der Waals surface area contributed by atoms with Gasteiger partial charge >= 0.3 is 5.69 Å². The van der Waals surface area contributed by atoms with Crippen molar-refractivity contribution >= 4 is 28.3 Å². The molecule has 0 saturated carbocycles. The lowest BCUT2D eigenvalue weighted by atomic mass is 10.1. The fraction of sp³-hybridized carbons (Fsp3) is 0.240. The van der Waals surface area contributed by atoms with Gasteiger partial charge in [-0.1, -0.05) is 37.6 Å². The molecule has 0 saturated heterocycles. The first-order valence-electron chi connectivity index (χ1n) is 11.1. The third-order valence-electron chi connectivity index (χ3n) is 5.41. The van der Waals surface area contributed by atoms with Gasteiger partial charge in [-0.25, -0.2) is 0 Å². The van der Waals surface area contributed by atoms with Gasteiger partial charge in [0.1, 0.15) is 11.0 Å². The zero-order valence-corrected chi connectivity index (χ0v) is 19.0. The summed E-state index contributed by atoms with van der Waals surface area (Å²) in [6, 6.07) is 17.7. The van der Waals surface area contributed by atoms with Crippen molar-refractivity contribution < 1.29 is 14.5 Å². The number of nitro benzene ring substituents is 1. The highest BCUT2D eigenvalue weighted by atomic mass is 16.6. The quantitative estimate of drug-likeness (QED) is 0.278. The molecule has 174 valence electrons. The Kier molecular flexibility index (Phi) is 6.82. The van der Waals surface area contributed by atoms with E-state index in [2.05, 4.69) is 34.6 Å². The lowest BCUT2D eigenvalue weighted by Crippen LogP contribution is -2.21. The van der Waals surface area contributed by atoms with Gasteiger partial charge in [-0.3, -0.25) is 14.9 Å². The van der Waals surface area contributed by atoms with Crippen LogP contribution < -0.4 is 10.1 Å². The van der Waals surface area contributed by atoms with Gasteiger partial charge in [-0.2, -0.15) is 4.80 Å². The number of carbonyl (C=O) groups excluding carboxylic acids is 1. The molecule has 1 aromatic heterocycles. The maximum atomic E-state index is 12.4. The van der Waals surface area contributed by atoms with Crippen LogP contribution in [0.15, 0.2) is 60.7 Å². The van der Waals surface area contributed by atoms with E-state index in [1.54, 1.807) is 16.9 Å². The number of nitrogens with zero attached hydrogens (tertiary/aromatic N) is 4. The number of fused-ring (bicyclic) bond motifs is 1. The number of aromatic nitrogens is 3. The van der Waals surface area contributed by atoms with Crippen molar-refractivity contribution in [3.63, 3.8) is 0 Å². The molecule has 0 radical (unpaired) electrons. The van der Waals surface area contributed by atoms with Crippen LogP contribution in [0.4, 0.5) is 11.4 Å². The molecule has 0 unspecified atom stereocenters. The van der Waals surface area contributed by atoms with Crippen molar-refractivity contribution in [2.75, 3.05) is 11.9 Å². The predicted octanol–water partition coefficient (Wildman–Crippen LogP) is 5.00. The van der Waals surface area contributed by atoms with Crippen LogP contribution in [0.2, 0.25) is 0 Å². The summed E-state index contributed by atoms with van der Waals surface area (Å²) >= 11 is 0. The molecular formula is C25H25N5O4. The predicted molar refractivity (Wildman–Crippen MR) is 129 cm³/mol. The summed E-state index contributed by atoms with van der Waals surface area (Å²) in [5, 5.41) is 23.0. The zero-order chi connectivity index (χ0) is 24.1. The zero-order valence-electron chi connectivity index (χ0n) is 19.0. The number of anilines is 1. The largest absolute Gasteiger partial charge is 0.477 e. The molecular weight excluding hydrogens is 434 g/mol. The van der Waals surface area contributed by atoms with Gasteiger partial charge in [0.25, 0.3) is 5.91 Å². The van der Waals surface area contributed by atoms with Crippen molar-refractivity contribution in [3.8, 4) is 11.4 Å². The van der Waals surface area contributed by atoms with E-state index in [1.165, 1.54) is 23.8 Å². The Morgan fingerprint density at radius 2 is 1.79 bits per heavy atom. The fourth-order valence-corrected chi connectivity index (χ4v) is 3.55. The summed E-state index contributed by atoms with van der Waals surface area (Å²) < 4.78 is 5.37. The van der Waals surface area contributed by atoms with Crippen LogP contribution in [0.3, 0.4) is 0 Å². The molecule has 4 rings (SSSR count). The van der Waals surface area contributed by atoms with Crippen LogP contribution in [0.5, 0.6) is 5.75 Å². The molecule has 3 aromatic carbocycles. The third-order valence-corrected chi connectivity index (χ3v) is 5.41. The second-order valence-corrected chi connectivity index (χ2v) is 7.98. The first-order valence-corrected chi connectivity index (χ1v) is 11.1. The van der Waals surface area contributed by atoms with Crippen LogP contribution in [0, 0.1) is 17.0 Å². The molecule has 0 atom stereocenters. The fourth-order valence-electron chi connectivity index (χ4n) is 3.55. The minimum absolute atomic E-state index is 0.0403. The number of benzene rings is 3. The number of unbranched alkanes of at least 4 members (excludes halogenated alkanes) is 1. The average Bonchev–Trinajstić information content (AvgIpc) is 3.24. The van der Waals surface area contributed by atoms with Crippen molar-refractivity contribution in [2.24, 2.45) is 0 Å². The maximum Gasteiger partial charge on any atom is 0.310 e. The highest BCUT2D eigenvalue weighted by molar-refractivity contribution is 5.95. The molecule has 0 aliphatic rings. The van der Waals surface area contributed by atoms with Crippen LogP contribution in [-0.4, -0.2) is 32.4 Å². The molecule has 0 fully saturated rings. The molecule has 9 nitrogen and oxygen atoms in total. The van der Waals surface area contributed by atoms with Crippen molar-refractivity contribution in [2.45, 2.75) is 33.1 Å². The number of ether oxygens (including phenoxy) is 1. The molecule has 1 heterocycles. The van der Waals surface area contributed by atoms with Gasteiger partial charge in [-0.15, -0.1) is 10.2 Å². The number of para-hydroxylation sites is 2. The topological polar surface area (TPSA) is 112 Å². The average molecular weight is 460 g/mol. The Morgan fingerprint density at radius 3 is 2.50 bits per heavy atom. The van der Waals surface area contributed by atoms with E-state index in [-0.39, 0.29) is 18.0 Å². The Morgan fingerprint density at radius 1 is 1.09 bits per heavy atom. The van der Waals surface area contributed by atoms with Crippen molar-refractivity contribution in [1.29, 1.82) is 0 Å². The van der Waals surface area contributed by atoms with Gasteiger partial charge in [0.2, 0.25) is 0 Å². The Bertz CT molecular complexity index is 1330. The highest BCUT2D eigenvalue weighted by Crippen LogP contribution is 2.26. The summed E-state index contributed by atoms with van der Waals surface area (Å²) in [4.78, 5) is 24.6. The summed E-state index contributed by atoms with van der Waals surface area (Å²) in [7, 11) is 0. The summed E-state index contributed by atoms with van der Waals surface area (Å²) in [6.45, 7) is 3.67. The third kappa shape index (κ3) is 5.20. The molecule has 1 amide bonds. The number of nitrogens with one attached hydrogen (secondary N) is 1. The van der Waals surface area contributed by atoms with Crippen LogP contribution in [0.1, 0.15) is 30.9 Å². The SMILES string of the molecule is CCCCc1ccc(-n2nc3cc(C)c(NC(=O)COc4ccccc4[N+](=O)[O-])cc3n2)cc1. The molecule has 9 heteroatoms. The molecule has 34 heavy (non-hydrogen) atoms. The van der Waals surface area contributed by atoms with E-state index in [1.807, 2.05) is 25.1 Å². The van der Waals surface area contributed by atoms with E-state index in [0.29, 0.717) is 16.7 Å². The molecule has 0 aliphatic carbocycles. The smallest absolute Gasteiger partial charge is 0.310 e. The summed E-state index contributed by atoms with van der Waals surface area (Å²) in [5.41, 5.74) is 4.68. The minimum atomic E-state index is -0.548. The lowest BCUT2D eigenvalue weighted by Gasteiger charge is -2.09. The summed E-state index contributed by atoms with van der Waals surface area (Å²) in [6.07, 6.45) is 3.36. The molecule has 1 N–H and O–H groups in total. The Labute approximate surface area is 196 Å². The van der Waals surface area contributed by atoms with E-state index in [9.17, 15) is 14.9 Å². The molecule has 4 aromatic rings. The van der Waals surface area contributed by atoms with Gasteiger partial charge < -0.3 is 10.1 Å². The number of amides is 1. The number of nitro groups is 1. The van der Waals surface area contributed by atoms with Crippen LogP contribution >= 0.6 is 0 Å². The lowest BCUT2D eigenvalue weighted by molar-refractivity contribution is -0.385. The first kappa shape index (κ1) is 22.9. The van der Waals surface area contributed by atoms with Crippen LogP contribution in [-0.2, 0) is 11.2 Å². The van der Waals surface area contributed by atoms with Gasteiger partial charge in [0.15, 0.2) is 12.4 Å². The Hall–Kier alpha value is -4.27. The highest BCUT2D eigenvalue weighted by Gasteiger charge is 2.16. The number of aryl methyl sites for hydroxylation is 2. The molecule has 0 aliphatic heterocycles. The number of hydrogen-bond acceptors (Lipinski definition) is 6. The number of rotatable bonds is 9. The van der Waals surface area contributed by atoms with E-state index >= 15 is 0 Å². The van der Waals surface area contributed by atoms with Crippen molar-refractivity contribution in [1.82, 2.24) is 15.0 Å². The second kappa shape index (κ2) is 10.1. The summed E-state index contributed by atoms with van der Waals surface area (Å²) in [5.74, 6) is -0.394. The minimum Gasteiger partial charge on any atom is -0.477 e. The maximum absolute atomic E-state index is 12.4. The van der Waals surface area contributed by atoms with Crippen molar-refractivity contribution in [3.05, 3.63) is 81.9 Å². The number of hydrogen-bond donors (Lipinski definition) is 1. The van der Waals surface area contributed by atoms with E-state index in [0.717, 1.165) is 30.5 Å². The Balaban J connectivity index is 1.47. The van der Waals surface area contributed by atoms with E-state index < -0.39 is 10.8 Å². The van der Waals surface area contributed by atoms with Gasteiger partial charge in [0.05, 0.1) is 10.6 Å². The normalized spacial score (nSPS) is 10.9. The van der Waals surface area contributed by atoms with E-state index in [4.69, 9.17) is 4.74 Å². The molecule has 0 spiro atoms. The number of carbonyl (C=O) groups is 1. The monoisotopic (exact) mass is 459 g/mol. The standard InChI is InChI=1S/C25H25N5O4/c1-3-4-7-18-10-12-19(13-11-18)29-27-21-14-17(2)20(15-22(21)28-29)26-25(31)16-34-24-9-6-5-8-23(24)30(32)33/h5-6,8-15H,3-4,7,16H2,1-2H3,(H,26,31).